The Balaban J connectivity index is 1.61. The van der Waals surface area contributed by atoms with E-state index in [0.29, 0.717) is 26.3 Å². The first-order chi connectivity index (χ1) is 12.0. The molecular formula is C18H26N4O3. The predicted molar refractivity (Wildman–Crippen MR) is 93.5 cm³/mol. The topological polar surface area (TPSA) is 72.5 Å². The molecule has 1 fully saturated rings. The van der Waals surface area contributed by atoms with Crippen molar-refractivity contribution in [3.63, 3.8) is 0 Å². The van der Waals surface area contributed by atoms with Crippen molar-refractivity contribution in [1.29, 1.82) is 0 Å². The molecule has 1 saturated heterocycles. The fraction of sp³-hybridized carbons (Fsp3) is 0.556. The summed E-state index contributed by atoms with van der Waals surface area (Å²) >= 11 is 0. The number of aryl methyl sites for hydroxylation is 3. The van der Waals surface area contributed by atoms with Crippen molar-refractivity contribution in [2.45, 2.75) is 33.2 Å². The minimum atomic E-state index is -0.177. The van der Waals surface area contributed by atoms with Gasteiger partial charge < -0.3 is 19.4 Å². The standard InChI is InChI=1S/C18H26N4O3/c1-12-5-6-17(25-12)16-11-24-10-9-22(16)18(23)19-8-7-15-13(2)20-21(4)14(15)3/h5-6,16H,7-11H2,1-4H3,(H,19,23)/t16-/m0/s1. The third-order valence-corrected chi connectivity index (χ3v) is 4.79. The van der Waals surface area contributed by atoms with Crippen molar-refractivity contribution in [3.05, 3.63) is 40.6 Å². The molecule has 0 unspecified atom stereocenters. The van der Waals surface area contributed by atoms with Gasteiger partial charge >= 0.3 is 6.03 Å². The molecule has 1 aliphatic heterocycles. The second-order valence-corrected chi connectivity index (χ2v) is 6.49. The maximum absolute atomic E-state index is 12.7. The van der Waals surface area contributed by atoms with Crippen LogP contribution in [0.5, 0.6) is 0 Å². The molecule has 7 nitrogen and oxygen atoms in total. The molecule has 1 aliphatic rings. The molecule has 2 amide bonds. The van der Waals surface area contributed by atoms with E-state index in [2.05, 4.69) is 17.3 Å². The van der Waals surface area contributed by atoms with Gasteiger partial charge in [0, 0.05) is 25.8 Å². The highest BCUT2D eigenvalue weighted by atomic mass is 16.5. The normalized spacial score (nSPS) is 17.8. The summed E-state index contributed by atoms with van der Waals surface area (Å²) < 4.78 is 13.1. The van der Waals surface area contributed by atoms with Crippen LogP contribution in [-0.2, 0) is 18.2 Å². The lowest BCUT2D eigenvalue weighted by Crippen LogP contribution is -2.48. The number of amides is 2. The zero-order chi connectivity index (χ0) is 18.0. The summed E-state index contributed by atoms with van der Waals surface area (Å²) in [7, 11) is 1.94. The monoisotopic (exact) mass is 346 g/mol. The number of ether oxygens (including phenoxy) is 1. The molecule has 2 aromatic heterocycles. The third-order valence-electron chi connectivity index (χ3n) is 4.79. The Morgan fingerprint density at radius 1 is 1.36 bits per heavy atom. The van der Waals surface area contributed by atoms with Gasteiger partial charge in [0.25, 0.3) is 0 Å². The first kappa shape index (κ1) is 17.5. The summed E-state index contributed by atoms with van der Waals surface area (Å²) in [5.41, 5.74) is 3.36. The van der Waals surface area contributed by atoms with Gasteiger partial charge in [0.2, 0.25) is 0 Å². The van der Waals surface area contributed by atoms with Gasteiger partial charge in [-0.1, -0.05) is 0 Å². The van der Waals surface area contributed by atoms with Crippen molar-refractivity contribution >= 4 is 6.03 Å². The number of furan rings is 1. The Morgan fingerprint density at radius 3 is 2.80 bits per heavy atom. The van der Waals surface area contributed by atoms with Gasteiger partial charge in [-0.3, -0.25) is 4.68 Å². The summed E-state index contributed by atoms with van der Waals surface area (Å²) in [5, 5.41) is 7.44. The molecule has 1 atom stereocenters. The second kappa shape index (κ2) is 7.31. The van der Waals surface area contributed by atoms with Gasteiger partial charge in [0.15, 0.2) is 0 Å². The van der Waals surface area contributed by atoms with Crippen molar-refractivity contribution < 1.29 is 13.9 Å². The average Bonchev–Trinajstić information content (AvgIpc) is 3.13. The molecule has 0 saturated carbocycles. The molecule has 0 aliphatic carbocycles. The third kappa shape index (κ3) is 3.71. The van der Waals surface area contributed by atoms with E-state index in [0.717, 1.165) is 29.3 Å². The molecule has 0 spiro atoms. The lowest BCUT2D eigenvalue weighted by molar-refractivity contribution is 0.00413. The summed E-state index contributed by atoms with van der Waals surface area (Å²) in [6.07, 6.45) is 0.770. The number of hydrogen-bond donors (Lipinski definition) is 1. The maximum atomic E-state index is 12.7. The summed E-state index contributed by atoms with van der Waals surface area (Å²) in [6.45, 7) is 8.09. The van der Waals surface area contributed by atoms with Gasteiger partial charge in [0.1, 0.15) is 17.6 Å². The SMILES string of the molecule is Cc1ccc([C@@H]2COCCN2C(=O)NCCc2c(C)nn(C)c2C)o1. The van der Waals surface area contributed by atoms with E-state index in [1.165, 1.54) is 5.56 Å². The van der Waals surface area contributed by atoms with Gasteiger partial charge in [-0.15, -0.1) is 0 Å². The minimum absolute atomic E-state index is 0.0819. The van der Waals surface area contributed by atoms with Crippen LogP contribution in [0.1, 0.15) is 34.5 Å². The summed E-state index contributed by atoms with van der Waals surface area (Å²) in [6, 6.07) is 3.57. The number of aromatic nitrogens is 2. The maximum Gasteiger partial charge on any atom is 0.318 e. The van der Waals surface area contributed by atoms with Crippen LogP contribution in [0, 0.1) is 20.8 Å². The van der Waals surface area contributed by atoms with Crippen molar-refractivity contribution in [3.8, 4) is 0 Å². The number of rotatable bonds is 4. The van der Waals surface area contributed by atoms with Gasteiger partial charge in [-0.2, -0.15) is 5.10 Å². The quantitative estimate of drug-likeness (QED) is 0.922. The molecule has 25 heavy (non-hydrogen) atoms. The van der Waals surface area contributed by atoms with E-state index >= 15 is 0 Å². The molecular weight excluding hydrogens is 320 g/mol. The van der Waals surface area contributed by atoms with Crippen LogP contribution in [0.25, 0.3) is 0 Å². The number of morpholine rings is 1. The zero-order valence-corrected chi connectivity index (χ0v) is 15.3. The highest BCUT2D eigenvalue weighted by molar-refractivity contribution is 5.74. The smallest absolute Gasteiger partial charge is 0.318 e. The van der Waals surface area contributed by atoms with Crippen LogP contribution in [-0.4, -0.2) is 47.0 Å². The number of urea groups is 1. The molecule has 1 N–H and O–H groups in total. The molecule has 0 aromatic carbocycles. The van der Waals surface area contributed by atoms with E-state index in [1.54, 1.807) is 4.90 Å². The fourth-order valence-corrected chi connectivity index (χ4v) is 3.29. The Hall–Kier alpha value is -2.28. The van der Waals surface area contributed by atoms with Crippen LogP contribution in [0.4, 0.5) is 4.79 Å². The number of hydrogen-bond acceptors (Lipinski definition) is 4. The number of carbonyl (C=O) groups excluding carboxylic acids is 1. The van der Waals surface area contributed by atoms with Crippen LogP contribution >= 0.6 is 0 Å². The average molecular weight is 346 g/mol. The van der Waals surface area contributed by atoms with E-state index in [-0.39, 0.29) is 12.1 Å². The van der Waals surface area contributed by atoms with E-state index in [9.17, 15) is 4.79 Å². The number of carbonyl (C=O) groups is 1. The van der Waals surface area contributed by atoms with Crippen molar-refractivity contribution in [2.24, 2.45) is 7.05 Å². The molecule has 3 rings (SSSR count). The Kier molecular flexibility index (Phi) is 5.13. The fourth-order valence-electron chi connectivity index (χ4n) is 3.29. The molecule has 2 aromatic rings. The van der Waals surface area contributed by atoms with E-state index < -0.39 is 0 Å². The first-order valence-corrected chi connectivity index (χ1v) is 8.65. The molecule has 3 heterocycles. The lowest BCUT2D eigenvalue weighted by Gasteiger charge is -2.34. The van der Waals surface area contributed by atoms with Crippen molar-refractivity contribution in [1.82, 2.24) is 20.0 Å². The van der Waals surface area contributed by atoms with Gasteiger partial charge in [-0.05, 0) is 44.9 Å². The van der Waals surface area contributed by atoms with E-state index in [4.69, 9.17) is 9.15 Å². The van der Waals surface area contributed by atoms with Crippen LogP contribution in [0.15, 0.2) is 16.5 Å². The first-order valence-electron chi connectivity index (χ1n) is 8.65. The largest absolute Gasteiger partial charge is 0.464 e. The Bertz CT molecular complexity index is 750. The van der Waals surface area contributed by atoms with Gasteiger partial charge in [-0.25, -0.2) is 4.79 Å². The molecule has 136 valence electrons. The number of nitrogens with zero attached hydrogens (tertiary/aromatic N) is 3. The number of nitrogens with one attached hydrogen (secondary N) is 1. The Morgan fingerprint density at radius 2 is 2.16 bits per heavy atom. The van der Waals surface area contributed by atoms with Crippen LogP contribution in [0.2, 0.25) is 0 Å². The zero-order valence-electron chi connectivity index (χ0n) is 15.3. The van der Waals surface area contributed by atoms with Crippen molar-refractivity contribution in [2.75, 3.05) is 26.3 Å². The molecule has 0 radical (unpaired) electrons. The minimum Gasteiger partial charge on any atom is -0.464 e. The van der Waals surface area contributed by atoms with Crippen LogP contribution in [0.3, 0.4) is 0 Å². The summed E-state index contributed by atoms with van der Waals surface area (Å²) in [4.78, 5) is 14.4. The lowest BCUT2D eigenvalue weighted by atomic mass is 10.1. The van der Waals surface area contributed by atoms with E-state index in [1.807, 2.05) is 37.7 Å². The highest BCUT2D eigenvalue weighted by Crippen LogP contribution is 2.25. The van der Waals surface area contributed by atoms with Crippen LogP contribution < -0.4 is 5.32 Å². The highest BCUT2D eigenvalue weighted by Gasteiger charge is 2.30. The molecule has 0 bridgehead atoms. The summed E-state index contributed by atoms with van der Waals surface area (Å²) in [5.74, 6) is 1.61. The Labute approximate surface area is 147 Å². The predicted octanol–water partition coefficient (Wildman–Crippen LogP) is 2.26. The van der Waals surface area contributed by atoms with Gasteiger partial charge in [0.05, 0.1) is 18.9 Å². The second-order valence-electron chi connectivity index (χ2n) is 6.49. The molecule has 7 heteroatoms.